The third kappa shape index (κ3) is 3.15. The van der Waals surface area contributed by atoms with E-state index >= 15 is 0 Å². The summed E-state index contributed by atoms with van der Waals surface area (Å²) in [4.78, 5) is 11.8. The molecule has 0 fully saturated rings. The van der Waals surface area contributed by atoms with Gasteiger partial charge in [0.05, 0.1) is 0 Å². The van der Waals surface area contributed by atoms with Crippen molar-refractivity contribution in [2.75, 3.05) is 6.54 Å². The number of nitrogen functional groups attached to an aromatic ring is 1. The maximum Gasteiger partial charge on any atom is 0.301 e. The first-order chi connectivity index (χ1) is 9.67. The van der Waals surface area contributed by atoms with Crippen LogP contribution in [0.5, 0.6) is 0 Å². The Hall–Kier alpha value is -1.50. The third-order valence-corrected chi connectivity index (χ3v) is 4.38. The molecule has 0 radical (unpaired) electrons. The van der Waals surface area contributed by atoms with Crippen molar-refractivity contribution in [3.8, 4) is 0 Å². The van der Waals surface area contributed by atoms with Gasteiger partial charge in [0.2, 0.25) is 0 Å². The van der Waals surface area contributed by atoms with E-state index in [1.54, 1.807) is 11.8 Å². The normalized spacial score (nSPS) is 12.6. The highest BCUT2D eigenvalue weighted by atomic mass is 32.2. The molecule has 1 aromatic heterocycles. The lowest BCUT2D eigenvalue weighted by atomic mass is 10.1. The summed E-state index contributed by atoms with van der Waals surface area (Å²) in [6, 6.07) is 7.61. The quantitative estimate of drug-likeness (QED) is 0.430. The van der Waals surface area contributed by atoms with Crippen LogP contribution in [-0.4, -0.2) is 17.7 Å². The average molecular weight is 293 g/mol. The zero-order chi connectivity index (χ0) is 14.5. The van der Waals surface area contributed by atoms with Crippen LogP contribution in [0, 0.1) is 0 Å². The highest BCUT2D eigenvalue weighted by molar-refractivity contribution is 7.99. The lowest BCUT2D eigenvalue weighted by Crippen LogP contribution is -2.30. The number of hydrogen-bond acceptors (Lipinski definition) is 5. The number of fused-ring (bicyclic) bond motifs is 1. The lowest BCUT2D eigenvalue weighted by molar-refractivity contribution is 0.0927. The maximum absolute atomic E-state index is 11.8. The second-order valence-corrected chi connectivity index (χ2v) is 6.01. The van der Waals surface area contributed by atoms with E-state index in [4.69, 9.17) is 16.0 Å². The molecule has 0 aliphatic carbocycles. The van der Waals surface area contributed by atoms with E-state index in [0.717, 1.165) is 17.4 Å². The molecule has 2 rings (SSSR count). The second-order valence-electron chi connectivity index (χ2n) is 4.58. The second kappa shape index (κ2) is 6.78. The molecular formula is C14H19N3O2S. The van der Waals surface area contributed by atoms with E-state index in [-0.39, 0.29) is 0 Å². The molecule has 0 saturated heterocycles. The van der Waals surface area contributed by atoms with Crippen molar-refractivity contribution >= 4 is 28.6 Å². The highest BCUT2D eigenvalue weighted by Crippen LogP contribution is 2.31. The molecule has 0 saturated carbocycles. The molecule has 0 bridgehead atoms. The summed E-state index contributed by atoms with van der Waals surface area (Å²) in [5.41, 5.74) is 9.28. The average Bonchev–Trinajstić information content (AvgIpc) is 2.83. The van der Waals surface area contributed by atoms with Crippen LogP contribution in [0.25, 0.3) is 11.0 Å². The third-order valence-electron chi connectivity index (χ3n) is 3.12. The van der Waals surface area contributed by atoms with E-state index in [2.05, 4.69) is 12.3 Å². The van der Waals surface area contributed by atoms with Crippen LogP contribution in [0.4, 0.5) is 0 Å². The predicted octanol–water partition coefficient (Wildman–Crippen LogP) is 2.01. The SMILES string of the molecule is CC(CCN)SCc1c(C(=O)NN)oc2ccccc12. The van der Waals surface area contributed by atoms with Crippen molar-refractivity contribution in [3.63, 3.8) is 0 Å². The van der Waals surface area contributed by atoms with Crippen molar-refractivity contribution in [1.82, 2.24) is 5.43 Å². The van der Waals surface area contributed by atoms with E-state index in [1.807, 2.05) is 24.3 Å². The van der Waals surface area contributed by atoms with Crippen molar-refractivity contribution in [1.29, 1.82) is 0 Å². The molecule has 1 unspecified atom stereocenters. The first kappa shape index (κ1) is 14.9. The fraction of sp³-hybridized carbons (Fsp3) is 0.357. The number of hydrazine groups is 1. The van der Waals surface area contributed by atoms with Gasteiger partial charge in [-0.1, -0.05) is 25.1 Å². The van der Waals surface area contributed by atoms with Gasteiger partial charge in [0.15, 0.2) is 5.76 Å². The van der Waals surface area contributed by atoms with Gasteiger partial charge >= 0.3 is 5.91 Å². The van der Waals surface area contributed by atoms with E-state index in [1.165, 1.54) is 0 Å². The van der Waals surface area contributed by atoms with Crippen LogP contribution in [0.15, 0.2) is 28.7 Å². The molecule has 5 N–H and O–H groups in total. The molecule has 0 aliphatic heterocycles. The summed E-state index contributed by atoms with van der Waals surface area (Å²) in [6.07, 6.45) is 0.943. The first-order valence-electron chi connectivity index (χ1n) is 6.50. The molecule has 0 spiro atoms. The Labute approximate surface area is 122 Å². The van der Waals surface area contributed by atoms with Gasteiger partial charge in [0.1, 0.15) is 5.58 Å². The summed E-state index contributed by atoms with van der Waals surface area (Å²) in [6.45, 7) is 2.79. The predicted molar refractivity (Wildman–Crippen MR) is 82.3 cm³/mol. The van der Waals surface area contributed by atoms with Crippen LogP contribution < -0.4 is 17.0 Å². The van der Waals surface area contributed by atoms with Gasteiger partial charge in [-0.3, -0.25) is 10.2 Å². The zero-order valence-corrected chi connectivity index (χ0v) is 12.2. The minimum Gasteiger partial charge on any atom is -0.451 e. The van der Waals surface area contributed by atoms with E-state index in [0.29, 0.717) is 28.9 Å². The Kier molecular flexibility index (Phi) is 5.05. The number of amides is 1. The van der Waals surface area contributed by atoms with Gasteiger partial charge in [-0.25, -0.2) is 5.84 Å². The lowest BCUT2D eigenvalue weighted by Gasteiger charge is -2.09. The summed E-state index contributed by atoms with van der Waals surface area (Å²) >= 11 is 1.75. The summed E-state index contributed by atoms with van der Waals surface area (Å²) in [5, 5.41) is 1.39. The Morgan fingerprint density at radius 3 is 2.90 bits per heavy atom. The number of carbonyl (C=O) groups excluding carboxylic acids is 1. The van der Waals surface area contributed by atoms with Gasteiger partial charge < -0.3 is 10.2 Å². The maximum atomic E-state index is 11.8. The van der Waals surface area contributed by atoms with E-state index in [9.17, 15) is 4.79 Å². The molecule has 5 nitrogen and oxygen atoms in total. The summed E-state index contributed by atoms with van der Waals surface area (Å²) in [7, 11) is 0. The van der Waals surface area contributed by atoms with E-state index < -0.39 is 5.91 Å². The van der Waals surface area contributed by atoms with Crippen LogP contribution in [0.1, 0.15) is 29.5 Å². The number of hydrogen-bond donors (Lipinski definition) is 3. The number of rotatable bonds is 6. The van der Waals surface area contributed by atoms with Gasteiger partial charge in [-0.05, 0) is 19.0 Å². The fourth-order valence-corrected chi connectivity index (χ4v) is 3.08. The number of furan rings is 1. The smallest absolute Gasteiger partial charge is 0.301 e. The first-order valence-corrected chi connectivity index (χ1v) is 7.55. The number of thioether (sulfide) groups is 1. The molecule has 1 atom stereocenters. The number of carbonyl (C=O) groups is 1. The largest absolute Gasteiger partial charge is 0.451 e. The fourth-order valence-electron chi connectivity index (χ4n) is 2.03. The van der Waals surface area contributed by atoms with Crippen LogP contribution >= 0.6 is 11.8 Å². The van der Waals surface area contributed by atoms with Crippen molar-refractivity contribution in [2.24, 2.45) is 11.6 Å². The molecule has 2 aromatic rings. The van der Waals surface area contributed by atoms with Crippen molar-refractivity contribution in [2.45, 2.75) is 24.3 Å². The molecule has 20 heavy (non-hydrogen) atoms. The Bertz CT molecular complexity index is 597. The van der Waals surface area contributed by atoms with Crippen LogP contribution in [0.2, 0.25) is 0 Å². The number of nitrogens with two attached hydrogens (primary N) is 2. The van der Waals surface area contributed by atoms with Crippen LogP contribution in [-0.2, 0) is 5.75 Å². The molecule has 1 heterocycles. The Morgan fingerprint density at radius 2 is 2.20 bits per heavy atom. The van der Waals surface area contributed by atoms with Gasteiger partial charge in [-0.2, -0.15) is 11.8 Å². The minimum absolute atomic E-state index is 0.293. The standard InChI is InChI=1S/C14H19N3O2S/c1-9(6-7-15)20-8-11-10-4-2-3-5-12(10)19-13(11)14(18)17-16/h2-5,9H,6-8,15-16H2,1H3,(H,17,18). The number of nitrogens with one attached hydrogen (secondary N) is 1. The Morgan fingerprint density at radius 1 is 1.45 bits per heavy atom. The van der Waals surface area contributed by atoms with Gasteiger partial charge in [0.25, 0.3) is 0 Å². The van der Waals surface area contributed by atoms with Crippen molar-refractivity contribution < 1.29 is 9.21 Å². The molecule has 6 heteroatoms. The zero-order valence-electron chi connectivity index (χ0n) is 11.4. The van der Waals surface area contributed by atoms with Crippen molar-refractivity contribution in [3.05, 3.63) is 35.6 Å². The summed E-state index contributed by atoms with van der Waals surface area (Å²) < 4.78 is 5.61. The van der Waals surface area contributed by atoms with Gasteiger partial charge in [-0.15, -0.1) is 0 Å². The molecule has 108 valence electrons. The van der Waals surface area contributed by atoms with Crippen LogP contribution in [0.3, 0.4) is 0 Å². The number of benzene rings is 1. The molecule has 0 aliphatic rings. The number of para-hydroxylation sites is 1. The molecule has 1 amide bonds. The molecular weight excluding hydrogens is 274 g/mol. The molecule has 1 aromatic carbocycles. The Balaban J connectivity index is 2.31. The summed E-state index contributed by atoms with van der Waals surface area (Å²) in [5.74, 6) is 5.80. The topological polar surface area (TPSA) is 94.3 Å². The monoisotopic (exact) mass is 293 g/mol. The van der Waals surface area contributed by atoms with Gasteiger partial charge in [0, 0.05) is 22.0 Å². The minimum atomic E-state index is -0.400. The highest BCUT2D eigenvalue weighted by Gasteiger charge is 2.20.